The second kappa shape index (κ2) is 10.8. The Balaban J connectivity index is 0.00000150. The maximum atomic E-state index is 13.5. The first-order chi connectivity index (χ1) is 13.3. The van der Waals surface area contributed by atoms with Crippen molar-refractivity contribution >= 4 is 57.1 Å². The van der Waals surface area contributed by atoms with Crippen LogP contribution in [0, 0.1) is 5.82 Å². The maximum Gasteiger partial charge on any atom is 0.123 e. The molecule has 0 nitrogen and oxygen atoms in total. The standard InChI is InChI=1S/C25H21FP.2BrH/c26-22-18-16-21(17-19-22)20-27(23-10-4-1-5-11-23,24-12-6-2-7-13-24)25-14-8-3-9-15-25;;/h1-19H,20H2;2*1H/q+1;;. The molecular formula is C25H23Br2FP+. The van der Waals surface area contributed by atoms with Gasteiger partial charge in [-0.25, -0.2) is 4.39 Å². The Morgan fingerprint density at radius 2 is 0.828 bits per heavy atom. The lowest BCUT2D eigenvalue weighted by molar-refractivity contribution is 0.627. The molecule has 0 atom stereocenters. The highest BCUT2D eigenvalue weighted by Gasteiger charge is 2.45. The Morgan fingerprint density at radius 3 is 1.17 bits per heavy atom. The minimum absolute atomic E-state index is 0. The molecule has 148 valence electrons. The van der Waals surface area contributed by atoms with Crippen LogP contribution < -0.4 is 15.9 Å². The van der Waals surface area contributed by atoms with Crippen molar-refractivity contribution in [2.24, 2.45) is 0 Å². The maximum absolute atomic E-state index is 13.5. The van der Waals surface area contributed by atoms with E-state index < -0.39 is 7.26 Å². The quantitative estimate of drug-likeness (QED) is 0.258. The Kier molecular flexibility index (Phi) is 8.77. The summed E-state index contributed by atoms with van der Waals surface area (Å²) in [5, 5.41) is 4.02. The summed E-state index contributed by atoms with van der Waals surface area (Å²) >= 11 is 0. The Labute approximate surface area is 193 Å². The summed E-state index contributed by atoms with van der Waals surface area (Å²) in [6.07, 6.45) is 0.866. The zero-order chi connectivity index (χ0) is 18.5. The van der Waals surface area contributed by atoms with E-state index in [0.717, 1.165) is 11.7 Å². The first-order valence-electron chi connectivity index (χ1n) is 9.08. The molecule has 29 heavy (non-hydrogen) atoms. The average molecular weight is 533 g/mol. The molecule has 4 aromatic rings. The highest BCUT2D eigenvalue weighted by atomic mass is 79.9. The monoisotopic (exact) mass is 531 g/mol. The predicted octanol–water partition coefficient (Wildman–Crippen LogP) is 6.48. The van der Waals surface area contributed by atoms with Gasteiger partial charge in [-0.3, -0.25) is 0 Å². The van der Waals surface area contributed by atoms with Gasteiger partial charge in [0, 0.05) is 0 Å². The minimum Gasteiger partial charge on any atom is -0.207 e. The van der Waals surface area contributed by atoms with Gasteiger partial charge < -0.3 is 0 Å². The first-order valence-corrected chi connectivity index (χ1v) is 11.1. The van der Waals surface area contributed by atoms with Crippen molar-refractivity contribution < 1.29 is 4.39 Å². The molecule has 0 amide bonds. The number of rotatable bonds is 5. The zero-order valence-corrected chi connectivity index (χ0v) is 20.1. The molecule has 0 unspecified atom stereocenters. The highest BCUT2D eigenvalue weighted by Crippen LogP contribution is 2.58. The van der Waals surface area contributed by atoms with E-state index in [-0.39, 0.29) is 39.8 Å². The van der Waals surface area contributed by atoms with E-state index in [1.165, 1.54) is 15.9 Å². The number of benzene rings is 4. The minimum atomic E-state index is -1.91. The van der Waals surface area contributed by atoms with Crippen molar-refractivity contribution in [1.29, 1.82) is 0 Å². The third-order valence-electron chi connectivity index (χ3n) is 4.92. The van der Waals surface area contributed by atoms with Crippen molar-refractivity contribution in [3.8, 4) is 0 Å². The van der Waals surface area contributed by atoms with Crippen molar-refractivity contribution in [1.82, 2.24) is 0 Å². The molecule has 0 aliphatic heterocycles. The molecule has 0 aliphatic carbocycles. The molecule has 0 fully saturated rings. The Hall–Kier alpha value is -1.80. The summed E-state index contributed by atoms with van der Waals surface area (Å²) in [5.41, 5.74) is 1.15. The SMILES string of the molecule is Br.Br.Fc1ccc(C[P+](c2ccccc2)(c2ccccc2)c2ccccc2)cc1. The van der Waals surface area contributed by atoms with E-state index >= 15 is 0 Å². The summed E-state index contributed by atoms with van der Waals surface area (Å²) in [6, 6.07) is 39.2. The molecule has 4 rings (SSSR count). The summed E-state index contributed by atoms with van der Waals surface area (Å²) in [6.45, 7) is 0. The van der Waals surface area contributed by atoms with Crippen LogP contribution in [-0.2, 0) is 6.16 Å². The summed E-state index contributed by atoms with van der Waals surface area (Å²) in [5.74, 6) is -0.193. The first kappa shape index (κ1) is 23.5. The topological polar surface area (TPSA) is 0 Å². The van der Waals surface area contributed by atoms with Crippen LogP contribution in [-0.4, -0.2) is 0 Å². The van der Waals surface area contributed by atoms with Gasteiger partial charge in [0.15, 0.2) is 0 Å². The van der Waals surface area contributed by atoms with Crippen LogP contribution in [0.1, 0.15) is 5.56 Å². The van der Waals surface area contributed by atoms with Crippen LogP contribution in [0.3, 0.4) is 0 Å². The normalized spacial score (nSPS) is 10.5. The van der Waals surface area contributed by atoms with Gasteiger partial charge in [-0.2, -0.15) is 0 Å². The molecule has 0 radical (unpaired) electrons. The van der Waals surface area contributed by atoms with E-state index in [1.807, 2.05) is 12.1 Å². The number of hydrogen-bond acceptors (Lipinski definition) is 0. The lowest BCUT2D eigenvalue weighted by atomic mass is 10.2. The molecule has 0 N–H and O–H groups in total. The van der Waals surface area contributed by atoms with Gasteiger partial charge in [0.25, 0.3) is 0 Å². The van der Waals surface area contributed by atoms with Crippen LogP contribution in [0.5, 0.6) is 0 Å². The van der Waals surface area contributed by atoms with Gasteiger partial charge in [0.2, 0.25) is 0 Å². The van der Waals surface area contributed by atoms with Gasteiger partial charge >= 0.3 is 0 Å². The van der Waals surface area contributed by atoms with Crippen molar-refractivity contribution in [3.63, 3.8) is 0 Å². The lowest BCUT2D eigenvalue weighted by Gasteiger charge is -2.27. The molecule has 0 aromatic heterocycles. The van der Waals surface area contributed by atoms with E-state index in [9.17, 15) is 4.39 Å². The van der Waals surface area contributed by atoms with Gasteiger partial charge in [-0.05, 0) is 54.1 Å². The van der Waals surface area contributed by atoms with Gasteiger partial charge in [0.1, 0.15) is 29.0 Å². The summed E-state index contributed by atoms with van der Waals surface area (Å²) in [7, 11) is -1.91. The molecule has 0 saturated heterocycles. The molecular weight excluding hydrogens is 510 g/mol. The van der Waals surface area contributed by atoms with E-state index in [2.05, 4.69) is 91.0 Å². The van der Waals surface area contributed by atoms with Crippen LogP contribution in [0.4, 0.5) is 4.39 Å². The fraction of sp³-hybridized carbons (Fsp3) is 0.0400. The van der Waals surface area contributed by atoms with Crippen molar-refractivity contribution in [2.45, 2.75) is 6.16 Å². The van der Waals surface area contributed by atoms with Gasteiger partial charge in [0.05, 0.1) is 6.16 Å². The van der Waals surface area contributed by atoms with E-state index in [0.29, 0.717) is 0 Å². The molecule has 0 spiro atoms. The zero-order valence-electron chi connectivity index (χ0n) is 15.8. The third kappa shape index (κ3) is 5.04. The van der Waals surface area contributed by atoms with Crippen LogP contribution in [0.25, 0.3) is 0 Å². The highest BCUT2D eigenvalue weighted by molar-refractivity contribution is 8.93. The van der Waals surface area contributed by atoms with Crippen LogP contribution in [0.2, 0.25) is 0 Å². The predicted molar refractivity (Wildman–Crippen MR) is 136 cm³/mol. The molecule has 0 bridgehead atoms. The molecule has 4 aromatic carbocycles. The lowest BCUT2D eigenvalue weighted by Crippen LogP contribution is -2.32. The number of hydrogen-bond donors (Lipinski definition) is 0. The van der Waals surface area contributed by atoms with Crippen molar-refractivity contribution in [3.05, 3.63) is 127 Å². The van der Waals surface area contributed by atoms with Crippen LogP contribution in [0.15, 0.2) is 115 Å². The summed E-state index contributed by atoms with van der Waals surface area (Å²) < 4.78 is 13.5. The largest absolute Gasteiger partial charge is 0.207 e. The molecule has 4 heteroatoms. The van der Waals surface area contributed by atoms with Gasteiger partial charge in [-0.15, -0.1) is 34.0 Å². The second-order valence-electron chi connectivity index (χ2n) is 6.60. The van der Waals surface area contributed by atoms with Gasteiger partial charge in [-0.1, -0.05) is 66.7 Å². The average Bonchev–Trinajstić information content (AvgIpc) is 2.75. The number of halogens is 3. The Morgan fingerprint density at radius 1 is 0.483 bits per heavy atom. The van der Waals surface area contributed by atoms with E-state index in [1.54, 1.807) is 12.1 Å². The third-order valence-corrected chi connectivity index (χ3v) is 9.30. The van der Waals surface area contributed by atoms with Crippen molar-refractivity contribution in [2.75, 3.05) is 0 Å². The van der Waals surface area contributed by atoms with E-state index in [4.69, 9.17) is 0 Å². The fourth-order valence-corrected chi connectivity index (χ4v) is 7.88. The van der Waals surface area contributed by atoms with Crippen LogP contribution >= 0.6 is 41.2 Å². The molecule has 0 saturated carbocycles. The molecule has 0 aliphatic rings. The summed E-state index contributed by atoms with van der Waals surface area (Å²) in [4.78, 5) is 0. The Bertz CT molecular complexity index is 895. The second-order valence-corrected chi connectivity index (χ2v) is 10.1. The smallest absolute Gasteiger partial charge is 0.123 e. The molecule has 0 heterocycles. The fourth-order valence-electron chi connectivity index (χ4n) is 3.63.